The number of likely N-dealkylation sites (tertiary alicyclic amines) is 1. The minimum absolute atomic E-state index is 0. The Labute approximate surface area is 195 Å². The number of ether oxygens (including phenoxy) is 2. The molecule has 0 bridgehead atoms. The van der Waals surface area contributed by atoms with Gasteiger partial charge in [-0.05, 0) is 6.07 Å². The van der Waals surface area contributed by atoms with Crippen LogP contribution in [0.5, 0.6) is 5.88 Å². The zero-order chi connectivity index (χ0) is 21.1. The molecule has 3 rings (SSSR count). The van der Waals surface area contributed by atoms with E-state index in [0.717, 1.165) is 47.9 Å². The van der Waals surface area contributed by atoms with Crippen molar-refractivity contribution in [1.29, 1.82) is 0 Å². The van der Waals surface area contributed by atoms with Crippen molar-refractivity contribution in [1.82, 2.24) is 9.71 Å². The fourth-order valence-electron chi connectivity index (χ4n) is 3.87. The van der Waals surface area contributed by atoms with Crippen LogP contribution in [-0.2, 0) is 14.8 Å². The molecule has 8 nitrogen and oxygen atoms in total. The van der Waals surface area contributed by atoms with Gasteiger partial charge < -0.3 is 42.9 Å². The molecular formula is C20H30IN3O5S. The van der Waals surface area contributed by atoms with Crippen molar-refractivity contribution in [2.24, 2.45) is 5.92 Å². The van der Waals surface area contributed by atoms with Crippen LogP contribution in [0.4, 0.5) is 0 Å². The van der Waals surface area contributed by atoms with Crippen LogP contribution < -0.4 is 33.4 Å². The van der Waals surface area contributed by atoms with Gasteiger partial charge in [0.1, 0.15) is 5.56 Å². The predicted octanol–water partition coefficient (Wildman–Crippen LogP) is -1.26. The molecule has 1 saturated heterocycles. The summed E-state index contributed by atoms with van der Waals surface area (Å²) in [7, 11) is 0.516. The molecule has 0 saturated carbocycles. The second-order valence-corrected chi connectivity index (χ2v) is 9.91. The normalized spacial score (nSPS) is 21.8. The van der Waals surface area contributed by atoms with Crippen molar-refractivity contribution < 1.29 is 51.1 Å². The maximum absolute atomic E-state index is 12.7. The number of hydrogen-bond acceptors (Lipinski definition) is 5. The average molecular weight is 551 g/mol. The third kappa shape index (κ3) is 6.32. The third-order valence-electron chi connectivity index (χ3n) is 5.70. The summed E-state index contributed by atoms with van der Waals surface area (Å²) < 4.78 is 36.8. The van der Waals surface area contributed by atoms with Crippen LogP contribution in [0, 0.1) is 5.92 Å². The number of carbonyl (C=O) groups is 1. The lowest BCUT2D eigenvalue weighted by molar-refractivity contribution is -0.914. The molecule has 2 aromatic rings. The smallest absolute Gasteiger partial charge is 0.344 e. The Bertz CT molecular complexity index is 968. The number of piperidine rings is 1. The van der Waals surface area contributed by atoms with Gasteiger partial charge in [-0.15, -0.1) is 0 Å². The van der Waals surface area contributed by atoms with Gasteiger partial charge >= 0.3 is 5.97 Å². The van der Waals surface area contributed by atoms with Crippen molar-refractivity contribution in [3.8, 4) is 5.88 Å². The molecule has 0 unspecified atom stereocenters. The van der Waals surface area contributed by atoms with E-state index in [9.17, 15) is 13.2 Å². The van der Waals surface area contributed by atoms with Crippen molar-refractivity contribution in [3.63, 3.8) is 0 Å². The molecule has 10 heteroatoms. The molecule has 1 aromatic heterocycles. The molecule has 168 valence electrons. The highest BCUT2D eigenvalue weighted by atomic mass is 127. The Morgan fingerprint density at radius 3 is 2.57 bits per heavy atom. The maximum atomic E-state index is 12.7. The number of carbonyl (C=O) groups excluding carboxylic acids is 1. The van der Waals surface area contributed by atoms with E-state index < -0.39 is 10.0 Å². The van der Waals surface area contributed by atoms with E-state index in [4.69, 9.17) is 9.47 Å². The number of aromatic nitrogens is 1. The number of likely N-dealkylation sites (N-methyl/N-ethyl adjacent to an activating group) is 1. The van der Waals surface area contributed by atoms with Gasteiger partial charge in [-0.25, -0.2) is 17.9 Å². The Balaban J connectivity index is 0.00000320. The topological polar surface area (TPSA) is 97.5 Å². The number of hydrogen-bond donors (Lipinski definition) is 2. The Morgan fingerprint density at radius 1 is 1.27 bits per heavy atom. The Morgan fingerprint density at radius 2 is 1.93 bits per heavy atom. The highest BCUT2D eigenvalue weighted by Crippen LogP contribution is 2.29. The van der Waals surface area contributed by atoms with E-state index in [1.807, 2.05) is 24.3 Å². The zero-order valence-electron chi connectivity index (χ0n) is 17.6. The second-order valence-electron chi connectivity index (χ2n) is 8.08. The maximum Gasteiger partial charge on any atom is 0.344 e. The van der Waals surface area contributed by atoms with E-state index in [0.29, 0.717) is 30.5 Å². The van der Waals surface area contributed by atoms with Crippen LogP contribution in [0.1, 0.15) is 23.2 Å². The molecule has 0 spiro atoms. The second kappa shape index (κ2) is 10.3. The van der Waals surface area contributed by atoms with E-state index >= 15 is 0 Å². The van der Waals surface area contributed by atoms with Crippen molar-refractivity contribution >= 4 is 26.9 Å². The molecule has 1 fully saturated rings. The highest BCUT2D eigenvalue weighted by molar-refractivity contribution is 7.88. The minimum atomic E-state index is -3.15. The lowest BCUT2D eigenvalue weighted by Gasteiger charge is -2.40. The summed E-state index contributed by atoms with van der Waals surface area (Å²) in [6, 6.07) is 7.55. The summed E-state index contributed by atoms with van der Waals surface area (Å²) in [5, 5.41) is 0.792. The first-order valence-corrected chi connectivity index (χ1v) is 11.7. The number of para-hydroxylation sites is 1. The van der Waals surface area contributed by atoms with Gasteiger partial charge in [-0.3, -0.25) is 0 Å². The van der Waals surface area contributed by atoms with E-state index in [2.05, 4.69) is 16.8 Å². The summed E-state index contributed by atoms with van der Waals surface area (Å²) in [6.45, 7) is 3.44. The third-order valence-corrected chi connectivity index (χ3v) is 6.43. The highest BCUT2D eigenvalue weighted by Gasteiger charge is 2.31. The number of halogens is 1. The molecule has 1 aliphatic heterocycles. The van der Waals surface area contributed by atoms with Crippen LogP contribution in [0.15, 0.2) is 24.3 Å². The lowest BCUT2D eigenvalue weighted by Crippen LogP contribution is -3.00. The summed E-state index contributed by atoms with van der Waals surface area (Å²) in [5.74, 6) is 0.353. The Kier molecular flexibility index (Phi) is 8.54. The number of nitrogens with one attached hydrogen (secondary N) is 2. The molecule has 2 heterocycles. The van der Waals surface area contributed by atoms with Crippen LogP contribution >= 0.6 is 0 Å². The molecule has 30 heavy (non-hydrogen) atoms. The molecule has 1 aliphatic rings. The van der Waals surface area contributed by atoms with E-state index in [1.54, 1.807) is 0 Å². The van der Waals surface area contributed by atoms with Crippen LogP contribution in [0.25, 0.3) is 10.9 Å². The van der Waals surface area contributed by atoms with Gasteiger partial charge in [0.15, 0.2) is 0 Å². The quantitative estimate of drug-likeness (QED) is 0.243. The largest absolute Gasteiger partial charge is 1.00 e. The van der Waals surface area contributed by atoms with Crippen LogP contribution in [0.2, 0.25) is 0 Å². The first-order chi connectivity index (χ1) is 13.7. The number of methoxy groups -OCH3 is 1. The zero-order valence-corrected chi connectivity index (χ0v) is 20.6. The van der Waals surface area contributed by atoms with Crippen molar-refractivity contribution in [2.75, 3.05) is 53.2 Å². The van der Waals surface area contributed by atoms with Crippen molar-refractivity contribution in [3.05, 3.63) is 29.8 Å². The number of fused-ring (bicyclic) bond motifs is 1. The molecule has 0 aliphatic carbocycles. The lowest BCUT2D eigenvalue weighted by atomic mass is 9.96. The van der Waals surface area contributed by atoms with Crippen molar-refractivity contribution in [2.45, 2.75) is 12.8 Å². The van der Waals surface area contributed by atoms with Gasteiger partial charge in [0.25, 0.3) is 0 Å². The predicted molar refractivity (Wildman–Crippen MR) is 111 cm³/mol. The van der Waals surface area contributed by atoms with Crippen LogP contribution in [-0.4, -0.2) is 77.1 Å². The number of aromatic amines is 1. The number of benzene rings is 1. The standard InChI is InChI=1S/C20H29N3O5S.HI/c1-23(13-10-21-29(3,25)26)11-8-15(9-12-23)14-28-20(24)18-16-6-4-5-7-17(16)22-19(18)27-2;/h4-7,15,21H,8-14H2,1-3H3;1H. The number of rotatable bonds is 8. The summed E-state index contributed by atoms with van der Waals surface area (Å²) in [4.78, 5) is 15.8. The Hall–Kier alpha value is -1.37. The molecule has 1 aromatic carbocycles. The van der Waals surface area contributed by atoms with E-state index in [1.165, 1.54) is 13.4 Å². The first-order valence-electron chi connectivity index (χ1n) is 9.81. The van der Waals surface area contributed by atoms with Gasteiger partial charge in [-0.1, -0.05) is 18.2 Å². The minimum Gasteiger partial charge on any atom is -1.00 e. The van der Waals surface area contributed by atoms with Gasteiger partial charge in [-0.2, -0.15) is 0 Å². The van der Waals surface area contributed by atoms with E-state index in [-0.39, 0.29) is 29.9 Å². The fourth-order valence-corrected chi connectivity index (χ4v) is 4.34. The van der Waals surface area contributed by atoms with Crippen LogP contribution in [0.3, 0.4) is 0 Å². The number of sulfonamides is 1. The van der Waals surface area contributed by atoms with Gasteiger partial charge in [0, 0.05) is 29.7 Å². The summed E-state index contributed by atoms with van der Waals surface area (Å²) >= 11 is 0. The summed E-state index contributed by atoms with van der Waals surface area (Å²) in [6.07, 6.45) is 3.05. The molecule has 2 N–H and O–H groups in total. The van der Waals surface area contributed by atoms with Gasteiger partial charge in [0.2, 0.25) is 15.9 Å². The molecule has 0 atom stereocenters. The number of esters is 1. The summed E-state index contributed by atoms with van der Waals surface area (Å²) in [5.41, 5.74) is 1.27. The molecular weight excluding hydrogens is 521 g/mol. The van der Waals surface area contributed by atoms with Gasteiger partial charge in [0.05, 0.1) is 53.2 Å². The monoisotopic (exact) mass is 551 g/mol. The average Bonchev–Trinajstić information content (AvgIpc) is 3.05. The number of quaternary nitrogens is 1. The number of H-pyrrole nitrogens is 1. The number of nitrogens with zero attached hydrogens (tertiary/aromatic N) is 1. The molecule has 0 amide bonds. The molecule has 0 radical (unpaired) electrons. The fraction of sp³-hybridized carbons (Fsp3) is 0.550. The first kappa shape index (κ1) is 24.9. The SMILES string of the molecule is COc1[nH]c2ccccc2c1C(=O)OCC1CC[N+](C)(CCNS(C)(=O)=O)CC1.[I-].